The standard InChI is InChI=1S/C10H18N4/c1-2-8(11)10-13-12-9-6-4-3-5-7-14(9)10/h8H,2-7,11H2,1H3. The van der Waals surface area contributed by atoms with Gasteiger partial charge in [0.25, 0.3) is 0 Å². The van der Waals surface area contributed by atoms with Crippen LogP contribution in [0.1, 0.15) is 50.3 Å². The van der Waals surface area contributed by atoms with E-state index in [-0.39, 0.29) is 6.04 Å². The number of rotatable bonds is 2. The summed E-state index contributed by atoms with van der Waals surface area (Å²) < 4.78 is 2.22. The van der Waals surface area contributed by atoms with Crippen molar-refractivity contribution in [3.05, 3.63) is 11.6 Å². The minimum atomic E-state index is 0.0503. The molecule has 14 heavy (non-hydrogen) atoms. The number of nitrogens with zero attached hydrogens (tertiary/aromatic N) is 3. The third kappa shape index (κ3) is 1.66. The van der Waals surface area contributed by atoms with Crippen molar-refractivity contribution < 1.29 is 0 Å². The molecule has 1 atom stereocenters. The molecule has 2 rings (SSSR count). The molecule has 0 aliphatic carbocycles. The largest absolute Gasteiger partial charge is 0.321 e. The van der Waals surface area contributed by atoms with Crippen LogP contribution in [0, 0.1) is 0 Å². The fourth-order valence-electron chi connectivity index (χ4n) is 1.96. The van der Waals surface area contributed by atoms with Crippen LogP contribution < -0.4 is 5.73 Å². The molecule has 0 radical (unpaired) electrons. The molecule has 1 aromatic rings. The topological polar surface area (TPSA) is 56.7 Å². The molecule has 2 heterocycles. The summed E-state index contributed by atoms with van der Waals surface area (Å²) in [6, 6.07) is 0.0503. The molecule has 0 bridgehead atoms. The van der Waals surface area contributed by atoms with Crippen molar-refractivity contribution >= 4 is 0 Å². The van der Waals surface area contributed by atoms with E-state index in [0.29, 0.717) is 0 Å². The average Bonchev–Trinajstić information content (AvgIpc) is 2.46. The first-order valence-electron chi connectivity index (χ1n) is 5.50. The van der Waals surface area contributed by atoms with Gasteiger partial charge in [0.1, 0.15) is 11.6 Å². The molecule has 1 aliphatic rings. The molecule has 1 aromatic heterocycles. The Balaban J connectivity index is 2.29. The van der Waals surface area contributed by atoms with Crippen LogP contribution in [0.25, 0.3) is 0 Å². The van der Waals surface area contributed by atoms with Crippen molar-refractivity contribution in [2.45, 2.75) is 51.6 Å². The SMILES string of the molecule is CCC(N)c1nnc2n1CCCCC2. The van der Waals surface area contributed by atoms with Crippen LogP contribution in [0.5, 0.6) is 0 Å². The maximum atomic E-state index is 5.99. The van der Waals surface area contributed by atoms with Gasteiger partial charge < -0.3 is 10.3 Å². The van der Waals surface area contributed by atoms with E-state index in [0.717, 1.165) is 31.0 Å². The van der Waals surface area contributed by atoms with E-state index in [1.54, 1.807) is 0 Å². The van der Waals surface area contributed by atoms with Crippen molar-refractivity contribution in [1.82, 2.24) is 14.8 Å². The molecule has 1 unspecified atom stereocenters. The first kappa shape index (κ1) is 9.65. The Kier molecular flexibility index (Phi) is 2.82. The van der Waals surface area contributed by atoms with E-state index >= 15 is 0 Å². The van der Waals surface area contributed by atoms with Gasteiger partial charge in [-0.3, -0.25) is 0 Å². The maximum Gasteiger partial charge on any atom is 0.149 e. The van der Waals surface area contributed by atoms with Crippen LogP contribution in [-0.2, 0) is 13.0 Å². The lowest BCUT2D eigenvalue weighted by Gasteiger charge is -2.11. The lowest BCUT2D eigenvalue weighted by molar-refractivity contribution is 0.553. The fraction of sp³-hybridized carbons (Fsp3) is 0.800. The van der Waals surface area contributed by atoms with Crippen LogP contribution >= 0.6 is 0 Å². The molecular formula is C10H18N4. The third-order valence-corrected chi connectivity index (χ3v) is 2.91. The Hall–Kier alpha value is -0.900. The van der Waals surface area contributed by atoms with Gasteiger partial charge in [-0.05, 0) is 19.3 Å². The molecule has 0 saturated heterocycles. The molecule has 4 heteroatoms. The minimum Gasteiger partial charge on any atom is -0.321 e. The van der Waals surface area contributed by atoms with Crippen molar-refractivity contribution in [3.63, 3.8) is 0 Å². The van der Waals surface area contributed by atoms with Crippen molar-refractivity contribution in [3.8, 4) is 0 Å². The van der Waals surface area contributed by atoms with Crippen molar-refractivity contribution in [2.75, 3.05) is 0 Å². The van der Waals surface area contributed by atoms with Crippen molar-refractivity contribution in [1.29, 1.82) is 0 Å². The normalized spacial score (nSPS) is 18.7. The lowest BCUT2D eigenvalue weighted by Crippen LogP contribution is -2.16. The van der Waals surface area contributed by atoms with E-state index in [1.807, 2.05) is 0 Å². The minimum absolute atomic E-state index is 0.0503. The Morgan fingerprint density at radius 1 is 1.36 bits per heavy atom. The van der Waals surface area contributed by atoms with Crippen LogP contribution in [-0.4, -0.2) is 14.8 Å². The molecule has 1 aliphatic heterocycles. The fourth-order valence-corrected chi connectivity index (χ4v) is 1.96. The number of hydrogen-bond donors (Lipinski definition) is 1. The van der Waals surface area contributed by atoms with Crippen LogP contribution in [0.3, 0.4) is 0 Å². The number of hydrogen-bond acceptors (Lipinski definition) is 3. The molecule has 78 valence electrons. The van der Waals surface area contributed by atoms with Crippen LogP contribution in [0.2, 0.25) is 0 Å². The quantitative estimate of drug-likeness (QED) is 0.774. The first-order chi connectivity index (χ1) is 6.83. The number of fused-ring (bicyclic) bond motifs is 1. The van der Waals surface area contributed by atoms with Crippen LogP contribution in [0.4, 0.5) is 0 Å². The van der Waals surface area contributed by atoms with E-state index in [9.17, 15) is 0 Å². The smallest absolute Gasteiger partial charge is 0.149 e. The highest BCUT2D eigenvalue weighted by Crippen LogP contribution is 2.18. The van der Waals surface area contributed by atoms with Crippen LogP contribution in [0.15, 0.2) is 0 Å². The lowest BCUT2D eigenvalue weighted by atomic mass is 10.2. The molecule has 2 N–H and O–H groups in total. The van der Waals surface area contributed by atoms with Gasteiger partial charge in [0.2, 0.25) is 0 Å². The third-order valence-electron chi connectivity index (χ3n) is 2.91. The summed E-state index contributed by atoms with van der Waals surface area (Å²) in [5.74, 6) is 2.10. The van der Waals surface area contributed by atoms with Gasteiger partial charge in [-0.2, -0.15) is 0 Å². The molecule has 0 aromatic carbocycles. The number of aromatic nitrogens is 3. The Morgan fingerprint density at radius 3 is 3.00 bits per heavy atom. The summed E-state index contributed by atoms with van der Waals surface area (Å²) in [5.41, 5.74) is 5.99. The van der Waals surface area contributed by atoms with Gasteiger partial charge in [-0.25, -0.2) is 0 Å². The van der Waals surface area contributed by atoms with Gasteiger partial charge in [0.05, 0.1) is 6.04 Å². The average molecular weight is 194 g/mol. The second-order valence-electron chi connectivity index (χ2n) is 3.95. The molecular weight excluding hydrogens is 176 g/mol. The predicted octanol–water partition coefficient (Wildman–Crippen LogP) is 1.41. The summed E-state index contributed by atoms with van der Waals surface area (Å²) in [7, 11) is 0. The summed E-state index contributed by atoms with van der Waals surface area (Å²) in [5, 5.41) is 8.42. The highest BCUT2D eigenvalue weighted by molar-refractivity contribution is 5.01. The molecule has 4 nitrogen and oxygen atoms in total. The summed E-state index contributed by atoms with van der Waals surface area (Å²) in [6.45, 7) is 3.13. The number of aryl methyl sites for hydroxylation is 1. The highest BCUT2D eigenvalue weighted by Gasteiger charge is 2.17. The molecule has 0 spiro atoms. The second kappa shape index (κ2) is 4.09. The Labute approximate surface area is 84.5 Å². The molecule has 0 fully saturated rings. The monoisotopic (exact) mass is 194 g/mol. The summed E-state index contributed by atoms with van der Waals surface area (Å²) in [6.07, 6.45) is 5.75. The predicted molar refractivity (Wildman–Crippen MR) is 54.8 cm³/mol. The van der Waals surface area contributed by atoms with E-state index in [1.165, 1.54) is 19.3 Å². The van der Waals surface area contributed by atoms with E-state index in [4.69, 9.17) is 5.73 Å². The zero-order valence-corrected chi connectivity index (χ0v) is 8.74. The van der Waals surface area contributed by atoms with Gasteiger partial charge >= 0.3 is 0 Å². The maximum absolute atomic E-state index is 5.99. The zero-order valence-electron chi connectivity index (χ0n) is 8.74. The van der Waals surface area contributed by atoms with Gasteiger partial charge in [-0.1, -0.05) is 13.3 Å². The zero-order chi connectivity index (χ0) is 9.97. The highest BCUT2D eigenvalue weighted by atomic mass is 15.3. The number of nitrogens with two attached hydrogens (primary N) is 1. The first-order valence-corrected chi connectivity index (χ1v) is 5.50. The summed E-state index contributed by atoms with van der Waals surface area (Å²) in [4.78, 5) is 0. The van der Waals surface area contributed by atoms with E-state index < -0.39 is 0 Å². The Morgan fingerprint density at radius 2 is 2.21 bits per heavy atom. The van der Waals surface area contributed by atoms with Gasteiger partial charge in [0.15, 0.2) is 0 Å². The molecule has 0 amide bonds. The Bertz CT molecular complexity index is 305. The second-order valence-corrected chi connectivity index (χ2v) is 3.95. The van der Waals surface area contributed by atoms with Crippen molar-refractivity contribution in [2.24, 2.45) is 5.73 Å². The summed E-state index contributed by atoms with van der Waals surface area (Å²) >= 11 is 0. The van der Waals surface area contributed by atoms with E-state index in [2.05, 4.69) is 21.7 Å². The van der Waals surface area contributed by atoms with Gasteiger partial charge in [-0.15, -0.1) is 10.2 Å². The molecule has 0 saturated carbocycles. The van der Waals surface area contributed by atoms with Gasteiger partial charge in [0, 0.05) is 13.0 Å².